The van der Waals surface area contributed by atoms with Crippen LogP contribution in [0.15, 0.2) is 66.7 Å². The van der Waals surface area contributed by atoms with Crippen LogP contribution in [-0.2, 0) is 9.47 Å². The minimum absolute atomic E-state index is 0.0675. The number of benzene rings is 3. The maximum atomic E-state index is 15.1. The zero-order valence-electron chi connectivity index (χ0n) is 24.1. The zero-order valence-corrected chi connectivity index (χ0v) is 24.1. The molecule has 1 saturated heterocycles. The lowest BCUT2D eigenvalue weighted by Gasteiger charge is -2.29. The van der Waals surface area contributed by atoms with Gasteiger partial charge in [0.1, 0.15) is 5.82 Å². The largest absolute Gasteiger partial charge is 0.490 e. The third-order valence-electron chi connectivity index (χ3n) is 7.53. The first-order valence-corrected chi connectivity index (χ1v) is 14.9. The van der Waals surface area contributed by atoms with E-state index < -0.39 is 23.7 Å². The lowest BCUT2D eigenvalue weighted by atomic mass is 9.98. The summed E-state index contributed by atoms with van der Waals surface area (Å²) in [5, 5.41) is 0. The molecule has 0 aliphatic carbocycles. The monoisotopic (exact) mass is 566 g/mol. The summed E-state index contributed by atoms with van der Waals surface area (Å²) in [5.74, 6) is -2.09. The number of hydrogen-bond acceptors (Lipinski definition) is 3. The number of ether oxygens (including phenoxy) is 3. The predicted octanol–water partition coefficient (Wildman–Crippen LogP) is 10.2. The smallest absolute Gasteiger partial charge is 0.201 e. The van der Waals surface area contributed by atoms with Crippen LogP contribution in [0.3, 0.4) is 0 Å². The van der Waals surface area contributed by atoms with Crippen LogP contribution in [0.2, 0.25) is 0 Å². The fourth-order valence-electron chi connectivity index (χ4n) is 5.06. The first-order valence-electron chi connectivity index (χ1n) is 14.9. The van der Waals surface area contributed by atoms with Gasteiger partial charge >= 0.3 is 0 Å². The predicted molar refractivity (Wildman–Crippen MR) is 158 cm³/mol. The summed E-state index contributed by atoms with van der Waals surface area (Å²) in [6.45, 7) is 5.60. The highest BCUT2D eigenvalue weighted by atomic mass is 19.2. The average molecular weight is 567 g/mol. The van der Waals surface area contributed by atoms with E-state index in [9.17, 15) is 8.78 Å². The Kier molecular flexibility index (Phi) is 11.9. The van der Waals surface area contributed by atoms with Gasteiger partial charge in [-0.3, -0.25) is 0 Å². The Labute approximate surface area is 242 Å². The van der Waals surface area contributed by atoms with Crippen molar-refractivity contribution in [1.82, 2.24) is 0 Å². The van der Waals surface area contributed by atoms with Gasteiger partial charge in [0.2, 0.25) is 5.82 Å². The molecule has 0 saturated carbocycles. The Bertz CT molecular complexity index is 1260. The molecule has 0 amide bonds. The SMILES string of the molecule is CC=CCCC1COC(c2ccc(-c3ccc(-c4ccc(OCCCCCCCC)c(F)c4F)cc3)cc2F)OC1. The fourth-order valence-corrected chi connectivity index (χ4v) is 5.06. The van der Waals surface area contributed by atoms with Crippen molar-refractivity contribution in [3.63, 3.8) is 0 Å². The third kappa shape index (κ3) is 8.46. The highest BCUT2D eigenvalue weighted by molar-refractivity contribution is 5.71. The molecule has 3 aromatic rings. The van der Waals surface area contributed by atoms with Gasteiger partial charge in [-0.15, -0.1) is 0 Å². The standard InChI is InChI=1S/C35H41F3O3/c1-3-5-7-8-9-11-21-39-32-20-19-29(33(37)34(32)38)27-15-13-26(14-16-27)28-17-18-30(31(36)22-28)35-40-23-25(24-41-35)12-10-6-4-2/h4,6,13-20,22,25,35H,3,5,7-12,21,23-24H2,1-2H3. The fraction of sp³-hybridized carbons (Fsp3) is 0.429. The van der Waals surface area contributed by atoms with E-state index in [0.717, 1.165) is 37.7 Å². The number of unbranched alkanes of at least 4 members (excludes halogenated alkanes) is 5. The molecule has 0 bridgehead atoms. The average Bonchev–Trinajstić information content (AvgIpc) is 2.99. The first-order chi connectivity index (χ1) is 20.0. The molecule has 0 N–H and O–H groups in total. The van der Waals surface area contributed by atoms with Crippen LogP contribution in [0, 0.1) is 23.4 Å². The Morgan fingerprint density at radius 2 is 1.49 bits per heavy atom. The van der Waals surface area contributed by atoms with Crippen LogP contribution in [0.4, 0.5) is 13.2 Å². The topological polar surface area (TPSA) is 27.7 Å². The maximum Gasteiger partial charge on any atom is 0.201 e. The van der Waals surface area contributed by atoms with Gasteiger partial charge in [0.25, 0.3) is 0 Å². The van der Waals surface area contributed by atoms with Gasteiger partial charge in [0.05, 0.1) is 19.8 Å². The molecule has 1 fully saturated rings. The molecule has 41 heavy (non-hydrogen) atoms. The minimum atomic E-state index is -0.980. The Balaban J connectivity index is 1.35. The Hall–Kier alpha value is -3.09. The molecule has 0 aromatic heterocycles. The van der Waals surface area contributed by atoms with Crippen molar-refractivity contribution in [3.05, 3.63) is 89.8 Å². The lowest BCUT2D eigenvalue weighted by molar-refractivity contribution is -0.207. The van der Waals surface area contributed by atoms with Crippen molar-refractivity contribution >= 4 is 0 Å². The van der Waals surface area contributed by atoms with Crippen LogP contribution in [0.1, 0.15) is 77.1 Å². The van der Waals surface area contributed by atoms with Crippen molar-refractivity contribution < 1.29 is 27.4 Å². The van der Waals surface area contributed by atoms with E-state index in [0.29, 0.717) is 42.4 Å². The van der Waals surface area contributed by atoms with Crippen LogP contribution < -0.4 is 4.74 Å². The molecule has 1 aliphatic rings. The molecule has 0 spiro atoms. The van der Waals surface area contributed by atoms with E-state index in [1.54, 1.807) is 30.3 Å². The number of halogens is 3. The summed E-state index contributed by atoms with van der Waals surface area (Å²) in [7, 11) is 0. The third-order valence-corrected chi connectivity index (χ3v) is 7.53. The molecule has 220 valence electrons. The second-order valence-corrected chi connectivity index (χ2v) is 10.7. The van der Waals surface area contributed by atoms with Gasteiger partial charge < -0.3 is 14.2 Å². The molecular formula is C35H41F3O3. The molecule has 6 heteroatoms. The molecule has 1 heterocycles. The van der Waals surface area contributed by atoms with E-state index in [2.05, 4.69) is 13.0 Å². The van der Waals surface area contributed by atoms with Crippen molar-refractivity contribution in [2.45, 2.75) is 71.5 Å². The number of hydrogen-bond donors (Lipinski definition) is 0. The maximum absolute atomic E-state index is 15.1. The van der Waals surface area contributed by atoms with Crippen LogP contribution in [0.5, 0.6) is 5.75 Å². The van der Waals surface area contributed by atoms with Crippen LogP contribution >= 0.6 is 0 Å². The van der Waals surface area contributed by atoms with Gasteiger partial charge in [0.15, 0.2) is 17.9 Å². The minimum Gasteiger partial charge on any atom is -0.490 e. The zero-order chi connectivity index (χ0) is 29.0. The van der Waals surface area contributed by atoms with Crippen molar-refractivity contribution in [3.8, 4) is 28.0 Å². The van der Waals surface area contributed by atoms with Gasteiger partial charge in [-0.05, 0) is 61.1 Å². The summed E-state index contributed by atoms with van der Waals surface area (Å²) >= 11 is 0. The van der Waals surface area contributed by atoms with Gasteiger partial charge in [-0.25, -0.2) is 8.78 Å². The molecule has 1 aliphatic heterocycles. The van der Waals surface area contributed by atoms with Crippen molar-refractivity contribution in [1.29, 1.82) is 0 Å². The van der Waals surface area contributed by atoms with Gasteiger partial charge in [0, 0.05) is 17.0 Å². The Morgan fingerprint density at radius 1 is 0.805 bits per heavy atom. The first kappa shape index (κ1) is 30.9. The molecule has 3 aromatic carbocycles. The quantitative estimate of drug-likeness (QED) is 0.144. The molecule has 3 nitrogen and oxygen atoms in total. The summed E-state index contributed by atoms with van der Waals surface area (Å²) in [4.78, 5) is 0. The molecule has 0 atom stereocenters. The van der Waals surface area contributed by atoms with E-state index >= 15 is 4.39 Å². The Morgan fingerprint density at radius 3 is 2.20 bits per heavy atom. The highest BCUT2D eigenvalue weighted by Crippen LogP contribution is 2.34. The summed E-state index contributed by atoms with van der Waals surface area (Å²) in [5.41, 5.74) is 2.47. The normalized spacial score (nSPS) is 17.3. The second-order valence-electron chi connectivity index (χ2n) is 10.7. The number of rotatable bonds is 14. The molecular weight excluding hydrogens is 525 g/mol. The van der Waals surface area contributed by atoms with Crippen LogP contribution in [-0.4, -0.2) is 19.8 Å². The molecule has 4 rings (SSSR count). The highest BCUT2D eigenvalue weighted by Gasteiger charge is 2.25. The van der Waals surface area contributed by atoms with Gasteiger partial charge in [-0.2, -0.15) is 4.39 Å². The van der Waals surface area contributed by atoms with E-state index in [-0.39, 0.29) is 11.3 Å². The summed E-state index contributed by atoms with van der Waals surface area (Å²) in [6.07, 6.45) is 11.9. The summed E-state index contributed by atoms with van der Waals surface area (Å²) < 4.78 is 61.8. The van der Waals surface area contributed by atoms with Crippen LogP contribution in [0.25, 0.3) is 22.3 Å². The molecule has 0 unspecified atom stereocenters. The molecule has 0 radical (unpaired) electrons. The van der Waals surface area contributed by atoms with Crippen molar-refractivity contribution in [2.24, 2.45) is 5.92 Å². The lowest BCUT2D eigenvalue weighted by Crippen LogP contribution is -2.27. The van der Waals surface area contributed by atoms with E-state index in [1.165, 1.54) is 37.5 Å². The number of allylic oxidation sites excluding steroid dienone is 2. The van der Waals surface area contributed by atoms with Crippen molar-refractivity contribution in [2.75, 3.05) is 19.8 Å². The summed E-state index contributed by atoms with van der Waals surface area (Å²) in [6, 6.07) is 14.9. The van der Waals surface area contributed by atoms with Gasteiger partial charge in [-0.1, -0.05) is 87.6 Å². The van der Waals surface area contributed by atoms with E-state index in [1.807, 2.05) is 19.1 Å². The van der Waals surface area contributed by atoms with E-state index in [4.69, 9.17) is 14.2 Å². The second kappa shape index (κ2) is 15.8.